The van der Waals surface area contributed by atoms with Gasteiger partial charge >= 0.3 is 5.97 Å². The van der Waals surface area contributed by atoms with Crippen molar-refractivity contribution in [2.45, 2.75) is 40.3 Å². The van der Waals surface area contributed by atoms with Gasteiger partial charge in [0.2, 0.25) is 0 Å². The molecule has 0 heterocycles. The molecule has 4 nitrogen and oxygen atoms in total. The summed E-state index contributed by atoms with van der Waals surface area (Å²) in [6.45, 7) is 9.51. The Hall–Kier alpha value is -1.39. The number of hydrogen-bond acceptors (Lipinski definition) is 3. The first-order valence-electron chi connectivity index (χ1n) is 6.47. The van der Waals surface area contributed by atoms with Crippen molar-refractivity contribution in [2.75, 3.05) is 13.6 Å². The first kappa shape index (κ1) is 15.7. The van der Waals surface area contributed by atoms with Crippen LogP contribution in [0.5, 0.6) is 0 Å². The number of nitrogens with two attached hydrogens (primary N) is 1. The molecule has 106 valence electrons. The van der Waals surface area contributed by atoms with E-state index in [9.17, 15) is 4.79 Å². The smallest absolute Gasteiger partial charge is 0.321 e. The van der Waals surface area contributed by atoms with Crippen molar-refractivity contribution in [1.82, 2.24) is 4.90 Å². The van der Waals surface area contributed by atoms with Crippen molar-refractivity contribution in [3.8, 4) is 0 Å². The van der Waals surface area contributed by atoms with Crippen LogP contribution in [0.1, 0.15) is 27.8 Å². The zero-order valence-corrected chi connectivity index (χ0v) is 12.4. The molecule has 0 spiro atoms. The van der Waals surface area contributed by atoms with Crippen LogP contribution in [0, 0.1) is 27.7 Å². The van der Waals surface area contributed by atoms with E-state index in [-0.39, 0.29) is 0 Å². The van der Waals surface area contributed by atoms with Crippen molar-refractivity contribution >= 4 is 5.97 Å². The number of aryl methyl sites for hydroxylation is 2. The Labute approximate surface area is 115 Å². The molecule has 4 heteroatoms. The molecule has 0 radical (unpaired) electrons. The van der Waals surface area contributed by atoms with Crippen molar-refractivity contribution in [3.63, 3.8) is 0 Å². The quantitative estimate of drug-likeness (QED) is 0.850. The summed E-state index contributed by atoms with van der Waals surface area (Å²) < 4.78 is 0. The first-order valence-corrected chi connectivity index (χ1v) is 6.47. The van der Waals surface area contributed by atoms with Gasteiger partial charge in [0.25, 0.3) is 0 Å². The van der Waals surface area contributed by atoms with Crippen molar-refractivity contribution < 1.29 is 9.90 Å². The van der Waals surface area contributed by atoms with Gasteiger partial charge in [-0.3, -0.25) is 9.69 Å². The van der Waals surface area contributed by atoms with E-state index in [0.717, 1.165) is 6.54 Å². The summed E-state index contributed by atoms with van der Waals surface area (Å²) in [4.78, 5) is 12.7. The number of nitrogens with zero attached hydrogens (tertiary/aromatic N) is 1. The van der Waals surface area contributed by atoms with Crippen LogP contribution in [0.3, 0.4) is 0 Å². The molecule has 1 aromatic carbocycles. The average Bonchev–Trinajstić information content (AvgIpc) is 2.32. The largest absolute Gasteiger partial charge is 0.480 e. The molecule has 0 aliphatic heterocycles. The van der Waals surface area contributed by atoms with Gasteiger partial charge in [-0.1, -0.05) is 6.07 Å². The minimum Gasteiger partial charge on any atom is -0.480 e. The maximum Gasteiger partial charge on any atom is 0.321 e. The third-order valence-corrected chi connectivity index (χ3v) is 3.77. The lowest BCUT2D eigenvalue weighted by molar-refractivity contribution is -0.138. The van der Waals surface area contributed by atoms with Crippen LogP contribution in [-0.2, 0) is 11.3 Å². The Kier molecular flexibility index (Phi) is 5.09. The van der Waals surface area contributed by atoms with Crippen LogP contribution in [-0.4, -0.2) is 35.6 Å². The Balaban J connectivity index is 2.91. The Morgan fingerprint density at radius 1 is 1.26 bits per heavy atom. The summed E-state index contributed by atoms with van der Waals surface area (Å²) in [6, 6.07) is 1.36. The highest BCUT2D eigenvalue weighted by Crippen LogP contribution is 2.22. The summed E-state index contributed by atoms with van der Waals surface area (Å²) in [7, 11) is 1.90. The second-order valence-corrected chi connectivity index (χ2v) is 5.38. The number of aliphatic carboxylic acids is 1. The summed E-state index contributed by atoms with van der Waals surface area (Å²) in [5, 5.41) is 8.84. The zero-order valence-electron chi connectivity index (χ0n) is 12.4. The van der Waals surface area contributed by atoms with Gasteiger partial charge in [0, 0.05) is 13.1 Å². The summed E-state index contributed by atoms with van der Waals surface area (Å²) in [5.74, 6) is -0.958. The predicted octanol–water partition coefficient (Wildman–Crippen LogP) is 1.76. The molecule has 1 unspecified atom stereocenters. The van der Waals surface area contributed by atoms with Gasteiger partial charge in [-0.25, -0.2) is 0 Å². The molecule has 3 N–H and O–H groups in total. The molecule has 0 aromatic heterocycles. The van der Waals surface area contributed by atoms with Crippen LogP contribution in [0.2, 0.25) is 0 Å². The maximum absolute atomic E-state index is 10.8. The highest BCUT2D eigenvalue weighted by atomic mass is 16.4. The number of carboxylic acid groups (broad SMARTS) is 1. The fourth-order valence-electron chi connectivity index (χ4n) is 2.28. The van der Waals surface area contributed by atoms with Gasteiger partial charge < -0.3 is 10.8 Å². The fourth-order valence-corrected chi connectivity index (χ4v) is 2.28. The minimum atomic E-state index is -0.958. The molecule has 0 bridgehead atoms. The van der Waals surface area contributed by atoms with E-state index in [4.69, 9.17) is 10.8 Å². The fraction of sp³-hybridized carbons (Fsp3) is 0.533. The predicted molar refractivity (Wildman–Crippen MR) is 77.3 cm³/mol. The molecule has 1 atom stereocenters. The van der Waals surface area contributed by atoms with Crippen molar-refractivity contribution in [3.05, 3.63) is 33.9 Å². The second-order valence-electron chi connectivity index (χ2n) is 5.38. The maximum atomic E-state index is 10.8. The standard InChI is InChI=1S/C15H24N2O2/c1-9-6-10(2)12(4)13(11(9)3)7-17(5)8-14(16)15(18)19/h6,14H,7-8,16H2,1-5H3,(H,18,19). The number of hydrogen-bond donors (Lipinski definition) is 2. The number of likely N-dealkylation sites (N-methyl/N-ethyl adjacent to an activating group) is 1. The summed E-state index contributed by atoms with van der Waals surface area (Å²) in [6.07, 6.45) is 0. The Morgan fingerprint density at radius 3 is 2.16 bits per heavy atom. The third kappa shape index (κ3) is 3.78. The van der Waals surface area contributed by atoms with Crippen molar-refractivity contribution in [1.29, 1.82) is 0 Å². The zero-order chi connectivity index (χ0) is 14.7. The normalized spacial score (nSPS) is 12.8. The van der Waals surface area contributed by atoms with Crippen molar-refractivity contribution in [2.24, 2.45) is 5.73 Å². The second kappa shape index (κ2) is 6.17. The van der Waals surface area contributed by atoms with Crippen LogP contribution in [0.15, 0.2) is 6.07 Å². The summed E-state index contributed by atoms with van der Waals surface area (Å²) >= 11 is 0. The summed E-state index contributed by atoms with van der Waals surface area (Å²) in [5.41, 5.74) is 11.9. The molecule has 0 amide bonds. The molecular weight excluding hydrogens is 240 g/mol. The van der Waals surface area contributed by atoms with Crippen LogP contribution < -0.4 is 5.73 Å². The number of carbonyl (C=O) groups is 1. The van der Waals surface area contributed by atoms with Gasteiger partial charge in [0.1, 0.15) is 6.04 Å². The molecule has 19 heavy (non-hydrogen) atoms. The van der Waals surface area contributed by atoms with Gasteiger partial charge in [-0.15, -0.1) is 0 Å². The van der Waals surface area contributed by atoms with E-state index in [1.807, 2.05) is 11.9 Å². The molecular formula is C15H24N2O2. The van der Waals surface area contributed by atoms with E-state index >= 15 is 0 Å². The molecule has 1 aromatic rings. The highest BCUT2D eigenvalue weighted by molar-refractivity contribution is 5.73. The lowest BCUT2D eigenvalue weighted by Crippen LogP contribution is -2.41. The molecule has 0 saturated heterocycles. The van der Waals surface area contributed by atoms with Gasteiger partial charge in [-0.05, 0) is 62.6 Å². The first-order chi connectivity index (χ1) is 8.73. The van der Waals surface area contributed by atoms with Gasteiger partial charge in [0.05, 0.1) is 0 Å². The van der Waals surface area contributed by atoms with Crippen LogP contribution >= 0.6 is 0 Å². The molecule has 0 fully saturated rings. The van der Waals surface area contributed by atoms with E-state index in [0.29, 0.717) is 6.54 Å². The third-order valence-electron chi connectivity index (χ3n) is 3.77. The molecule has 0 aliphatic carbocycles. The highest BCUT2D eigenvalue weighted by Gasteiger charge is 2.16. The monoisotopic (exact) mass is 264 g/mol. The Bertz CT molecular complexity index is 457. The number of benzene rings is 1. The van der Waals surface area contributed by atoms with E-state index < -0.39 is 12.0 Å². The SMILES string of the molecule is Cc1cc(C)c(C)c(CN(C)CC(N)C(=O)O)c1C. The van der Waals surface area contributed by atoms with Gasteiger partial charge in [-0.2, -0.15) is 0 Å². The topological polar surface area (TPSA) is 66.6 Å². The number of rotatable bonds is 5. The van der Waals surface area contributed by atoms with Crippen LogP contribution in [0.4, 0.5) is 0 Å². The Morgan fingerprint density at radius 2 is 1.74 bits per heavy atom. The number of carboxylic acids is 1. The van der Waals surface area contributed by atoms with E-state index in [2.05, 4.69) is 33.8 Å². The minimum absolute atomic E-state index is 0.348. The molecule has 0 aliphatic rings. The molecule has 0 saturated carbocycles. The van der Waals surface area contributed by atoms with Gasteiger partial charge in [0.15, 0.2) is 0 Å². The average molecular weight is 264 g/mol. The molecule has 1 rings (SSSR count). The lowest BCUT2D eigenvalue weighted by Gasteiger charge is -2.23. The van der Waals surface area contributed by atoms with E-state index in [1.54, 1.807) is 0 Å². The lowest BCUT2D eigenvalue weighted by atomic mass is 9.94. The van der Waals surface area contributed by atoms with E-state index in [1.165, 1.54) is 27.8 Å². The van der Waals surface area contributed by atoms with Crippen LogP contribution in [0.25, 0.3) is 0 Å².